The minimum absolute atomic E-state index is 0.0429. The molecule has 5 heteroatoms. The van der Waals surface area contributed by atoms with E-state index < -0.39 is 17.4 Å². The first-order chi connectivity index (χ1) is 8.25. The van der Waals surface area contributed by atoms with Crippen LogP contribution in [0.3, 0.4) is 0 Å². The SMILES string of the molecule is C[C@@]1(F)C[C@H](F)[C@@](C)(c2cccc(N)c2)NC1=S. The van der Waals surface area contributed by atoms with Crippen LogP contribution >= 0.6 is 12.2 Å². The third-order valence-corrected chi connectivity index (χ3v) is 4.05. The Kier molecular flexibility index (Phi) is 3.05. The van der Waals surface area contributed by atoms with Crippen LogP contribution in [0.4, 0.5) is 14.5 Å². The van der Waals surface area contributed by atoms with E-state index in [9.17, 15) is 8.78 Å². The van der Waals surface area contributed by atoms with Crippen LogP contribution in [0.25, 0.3) is 0 Å². The van der Waals surface area contributed by atoms with Gasteiger partial charge in [0.05, 0.1) is 5.54 Å². The molecule has 0 amide bonds. The number of piperidine rings is 1. The van der Waals surface area contributed by atoms with Gasteiger partial charge in [0, 0.05) is 12.1 Å². The highest BCUT2D eigenvalue weighted by Gasteiger charge is 2.49. The van der Waals surface area contributed by atoms with Crippen molar-refractivity contribution in [3.63, 3.8) is 0 Å². The second kappa shape index (κ2) is 4.16. The fourth-order valence-electron chi connectivity index (χ4n) is 2.19. The van der Waals surface area contributed by atoms with Crippen molar-refractivity contribution in [2.45, 2.75) is 37.6 Å². The number of hydrogen-bond acceptors (Lipinski definition) is 2. The average Bonchev–Trinajstić information content (AvgIpc) is 2.26. The highest BCUT2D eigenvalue weighted by Crippen LogP contribution is 2.39. The number of nitrogen functional groups attached to an aromatic ring is 1. The van der Waals surface area contributed by atoms with E-state index in [2.05, 4.69) is 5.32 Å². The van der Waals surface area contributed by atoms with Crippen molar-refractivity contribution in [1.29, 1.82) is 0 Å². The fraction of sp³-hybridized carbons (Fsp3) is 0.462. The lowest BCUT2D eigenvalue weighted by Crippen LogP contribution is -2.61. The lowest BCUT2D eigenvalue weighted by atomic mass is 9.78. The summed E-state index contributed by atoms with van der Waals surface area (Å²) in [4.78, 5) is 0.0429. The molecule has 0 bridgehead atoms. The second-order valence-electron chi connectivity index (χ2n) is 5.15. The number of thiocarbonyl (C=S) groups is 1. The fourth-order valence-corrected chi connectivity index (χ4v) is 2.49. The van der Waals surface area contributed by atoms with Crippen molar-refractivity contribution in [3.8, 4) is 0 Å². The van der Waals surface area contributed by atoms with Gasteiger partial charge < -0.3 is 11.1 Å². The topological polar surface area (TPSA) is 38.0 Å². The Bertz CT molecular complexity index is 490. The first-order valence-corrected chi connectivity index (χ1v) is 6.18. The van der Waals surface area contributed by atoms with E-state index in [0.29, 0.717) is 11.3 Å². The molecule has 1 heterocycles. The molecular weight excluding hydrogens is 254 g/mol. The predicted molar refractivity (Wildman–Crippen MR) is 73.0 cm³/mol. The lowest BCUT2D eigenvalue weighted by Gasteiger charge is -2.44. The van der Waals surface area contributed by atoms with Gasteiger partial charge in [0.25, 0.3) is 0 Å². The van der Waals surface area contributed by atoms with Crippen LogP contribution in [0.2, 0.25) is 0 Å². The molecule has 2 nitrogen and oxygen atoms in total. The number of rotatable bonds is 1. The molecule has 0 saturated carbocycles. The van der Waals surface area contributed by atoms with Crippen molar-refractivity contribution in [2.75, 3.05) is 5.73 Å². The number of hydrogen-bond donors (Lipinski definition) is 2. The Labute approximate surface area is 111 Å². The third-order valence-electron chi connectivity index (χ3n) is 3.52. The second-order valence-corrected chi connectivity index (χ2v) is 5.56. The van der Waals surface area contributed by atoms with E-state index in [0.717, 1.165) is 0 Å². The van der Waals surface area contributed by atoms with Crippen LogP contribution in [0, 0.1) is 0 Å². The van der Waals surface area contributed by atoms with Gasteiger partial charge in [0.1, 0.15) is 11.2 Å². The van der Waals surface area contributed by atoms with Gasteiger partial charge in [0.2, 0.25) is 0 Å². The Morgan fingerprint density at radius 2 is 2.11 bits per heavy atom. The maximum atomic E-state index is 14.3. The van der Waals surface area contributed by atoms with Gasteiger partial charge >= 0.3 is 0 Å². The quantitative estimate of drug-likeness (QED) is 0.609. The molecule has 1 fully saturated rings. The maximum absolute atomic E-state index is 14.3. The summed E-state index contributed by atoms with van der Waals surface area (Å²) in [6, 6.07) is 6.92. The van der Waals surface area contributed by atoms with E-state index in [1.165, 1.54) is 6.92 Å². The van der Waals surface area contributed by atoms with Crippen LogP contribution in [0.15, 0.2) is 24.3 Å². The zero-order valence-corrected chi connectivity index (χ0v) is 11.2. The van der Waals surface area contributed by atoms with Crippen molar-refractivity contribution >= 4 is 22.9 Å². The Hall–Kier alpha value is -1.23. The van der Waals surface area contributed by atoms with Crippen LogP contribution in [0.5, 0.6) is 0 Å². The number of alkyl halides is 2. The van der Waals surface area contributed by atoms with Crippen molar-refractivity contribution in [3.05, 3.63) is 29.8 Å². The summed E-state index contributed by atoms with van der Waals surface area (Å²) in [5.74, 6) is 0. The highest BCUT2D eigenvalue weighted by atomic mass is 32.1. The van der Waals surface area contributed by atoms with Gasteiger partial charge in [-0.25, -0.2) is 8.78 Å². The van der Waals surface area contributed by atoms with Crippen molar-refractivity contribution < 1.29 is 8.78 Å². The largest absolute Gasteiger partial charge is 0.399 e. The molecule has 1 saturated heterocycles. The van der Waals surface area contributed by atoms with Crippen LogP contribution in [0.1, 0.15) is 25.8 Å². The Morgan fingerprint density at radius 3 is 2.72 bits per heavy atom. The summed E-state index contributed by atoms with van der Waals surface area (Å²) >= 11 is 4.99. The standard InChI is InChI=1S/C13H16F2N2S/c1-12(15)7-10(14)13(2,17-11(12)18)8-4-3-5-9(16)6-8/h3-6,10H,7,16H2,1-2H3,(H,17,18)/t10-,12+,13+/m0/s1. The van der Waals surface area contributed by atoms with E-state index >= 15 is 0 Å². The molecule has 18 heavy (non-hydrogen) atoms. The molecule has 3 N–H and O–H groups in total. The van der Waals surface area contributed by atoms with E-state index in [1.807, 2.05) is 0 Å². The molecule has 0 aromatic heterocycles. The molecule has 1 aromatic rings. The summed E-state index contributed by atoms with van der Waals surface area (Å²) in [5.41, 5.74) is 4.09. The van der Waals surface area contributed by atoms with Crippen molar-refractivity contribution in [1.82, 2.24) is 5.32 Å². The summed E-state index contributed by atoms with van der Waals surface area (Å²) in [6.07, 6.45) is -1.62. The third kappa shape index (κ3) is 2.07. The molecule has 1 aromatic carbocycles. The molecule has 0 unspecified atom stereocenters. The van der Waals surface area contributed by atoms with E-state index in [1.54, 1.807) is 31.2 Å². The molecule has 98 valence electrons. The van der Waals surface area contributed by atoms with Crippen LogP contribution in [-0.4, -0.2) is 16.8 Å². The first-order valence-electron chi connectivity index (χ1n) is 5.77. The molecule has 2 rings (SSSR count). The molecule has 1 aliphatic rings. The zero-order chi connectivity index (χ0) is 13.6. The minimum Gasteiger partial charge on any atom is -0.399 e. The van der Waals surface area contributed by atoms with Crippen molar-refractivity contribution in [2.24, 2.45) is 0 Å². The molecule has 0 aliphatic carbocycles. The van der Waals surface area contributed by atoms with E-state index in [-0.39, 0.29) is 11.4 Å². The maximum Gasteiger partial charge on any atom is 0.160 e. The number of benzene rings is 1. The lowest BCUT2D eigenvalue weighted by molar-refractivity contribution is 0.0878. The van der Waals surface area contributed by atoms with Gasteiger partial charge in [0.15, 0.2) is 5.67 Å². The minimum atomic E-state index is -1.80. The summed E-state index contributed by atoms with van der Waals surface area (Å²) in [7, 11) is 0. The average molecular weight is 270 g/mol. The number of halogens is 2. The number of nitrogens with two attached hydrogens (primary N) is 1. The predicted octanol–water partition coefficient (Wildman–Crippen LogP) is 2.87. The molecule has 0 spiro atoms. The van der Waals surface area contributed by atoms with Crippen LogP contribution < -0.4 is 11.1 Å². The smallest absolute Gasteiger partial charge is 0.160 e. The van der Waals surface area contributed by atoms with Crippen LogP contribution in [-0.2, 0) is 5.54 Å². The van der Waals surface area contributed by atoms with Gasteiger partial charge in [-0.1, -0.05) is 24.4 Å². The number of nitrogens with one attached hydrogen (secondary N) is 1. The molecule has 1 aliphatic heterocycles. The van der Waals surface area contributed by atoms with Gasteiger partial charge in [-0.2, -0.15) is 0 Å². The first kappa shape index (κ1) is 13.2. The summed E-state index contributed by atoms with van der Waals surface area (Å²) < 4.78 is 28.3. The zero-order valence-electron chi connectivity index (χ0n) is 10.3. The highest BCUT2D eigenvalue weighted by molar-refractivity contribution is 7.80. The summed E-state index contributed by atoms with van der Waals surface area (Å²) in [5, 5.41) is 2.80. The normalized spacial score (nSPS) is 36.2. The van der Waals surface area contributed by atoms with Gasteiger partial charge in [-0.15, -0.1) is 0 Å². The van der Waals surface area contributed by atoms with Gasteiger partial charge in [-0.05, 0) is 31.5 Å². The summed E-state index contributed by atoms with van der Waals surface area (Å²) in [6.45, 7) is 2.97. The molecule has 3 atom stereocenters. The monoisotopic (exact) mass is 270 g/mol. The van der Waals surface area contributed by atoms with E-state index in [4.69, 9.17) is 18.0 Å². The molecule has 0 radical (unpaired) electrons. The molecular formula is C13H16F2N2S. The Balaban J connectivity index is 2.40. The number of anilines is 1. The Morgan fingerprint density at radius 1 is 1.44 bits per heavy atom. The van der Waals surface area contributed by atoms with Gasteiger partial charge in [-0.3, -0.25) is 0 Å².